The molecule has 1 aromatic carbocycles. The predicted molar refractivity (Wildman–Crippen MR) is 92.3 cm³/mol. The molecule has 20 heavy (non-hydrogen) atoms. The Kier molecular flexibility index (Phi) is 5.13. The molecule has 1 N–H and O–H groups in total. The number of aliphatic hydroxyl groups is 1. The first kappa shape index (κ1) is 15.8. The minimum absolute atomic E-state index is 0.796. The van der Waals surface area contributed by atoms with Crippen LogP contribution in [0.2, 0.25) is 0 Å². The Bertz CT molecular complexity index is 632. The van der Waals surface area contributed by atoms with Crippen LogP contribution in [0.1, 0.15) is 44.7 Å². The van der Waals surface area contributed by atoms with E-state index < -0.39 is 5.60 Å². The summed E-state index contributed by atoms with van der Waals surface area (Å²) in [5.74, 6) is 0. The molecule has 1 aromatic heterocycles. The fraction of sp³-hybridized carbons (Fsp3) is 0.438. The van der Waals surface area contributed by atoms with E-state index in [1.54, 1.807) is 20.7 Å². The third-order valence-corrected chi connectivity index (χ3v) is 6.05. The summed E-state index contributed by atoms with van der Waals surface area (Å²) in [7, 11) is 3.32. The highest BCUT2D eigenvalue weighted by atomic mass is 32.9. The molecule has 0 aliphatic heterocycles. The van der Waals surface area contributed by atoms with Gasteiger partial charge in [-0.15, -0.1) is 0 Å². The van der Waals surface area contributed by atoms with Crippen LogP contribution in [0.25, 0.3) is 11.1 Å². The zero-order valence-electron chi connectivity index (χ0n) is 12.1. The number of hydrogen-bond donors (Lipinski definition) is 1. The van der Waals surface area contributed by atoms with Crippen LogP contribution in [-0.2, 0) is 12.0 Å². The second kappa shape index (κ2) is 6.48. The minimum atomic E-state index is -0.796. The second-order valence-electron chi connectivity index (χ2n) is 5.53. The lowest BCUT2D eigenvalue weighted by Gasteiger charge is -2.22. The van der Waals surface area contributed by atoms with Crippen LogP contribution in [0.15, 0.2) is 23.6 Å². The van der Waals surface area contributed by atoms with Crippen molar-refractivity contribution in [2.24, 2.45) is 0 Å². The van der Waals surface area contributed by atoms with Crippen LogP contribution in [-0.4, -0.2) is 5.11 Å². The van der Waals surface area contributed by atoms with Gasteiger partial charge >= 0.3 is 0 Å². The predicted octanol–water partition coefficient (Wildman–Crippen LogP) is 5.78. The number of aryl methyl sites for hydroxylation is 1. The van der Waals surface area contributed by atoms with Gasteiger partial charge < -0.3 is 5.11 Å². The highest BCUT2D eigenvalue weighted by molar-refractivity contribution is 7.79. The summed E-state index contributed by atoms with van der Waals surface area (Å²) in [6.45, 7) is 5.89. The summed E-state index contributed by atoms with van der Waals surface area (Å²) < 4.78 is 0.951. The third-order valence-electron chi connectivity index (χ3n) is 3.38. The van der Waals surface area contributed by atoms with Crippen molar-refractivity contribution in [3.05, 3.63) is 38.5 Å². The summed E-state index contributed by atoms with van der Waals surface area (Å²) in [5.41, 5.74) is 3.79. The average molecular weight is 325 g/mol. The Labute approximate surface area is 133 Å². The Balaban J connectivity index is 2.48. The summed E-state index contributed by atoms with van der Waals surface area (Å²) in [6.07, 6.45) is 3.30. The van der Waals surface area contributed by atoms with Crippen molar-refractivity contribution in [3.8, 4) is 11.1 Å². The van der Waals surface area contributed by atoms with E-state index in [0.717, 1.165) is 34.2 Å². The van der Waals surface area contributed by atoms with Crippen molar-refractivity contribution >= 4 is 32.9 Å². The molecule has 0 spiro atoms. The first-order valence-corrected chi connectivity index (χ1v) is 9.49. The van der Waals surface area contributed by atoms with Gasteiger partial charge in [0.25, 0.3) is 0 Å². The van der Waals surface area contributed by atoms with Crippen LogP contribution >= 0.6 is 32.9 Å². The smallest absolute Gasteiger partial charge is 0.109 e. The van der Waals surface area contributed by atoms with Crippen molar-refractivity contribution in [2.45, 2.75) is 45.6 Å². The number of benzene rings is 1. The molecule has 0 aliphatic rings. The van der Waals surface area contributed by atoms with Crippen molar-refractivity contribution in [2.75, 3.05) is 0 Å². The molecule has 0 amide bonds. The quantitative estimate of drug-likeness (QED) is 0.556. The van der Waals surface area contributed by atoms with Gasteiger partial charge in [-0.2, -0.15) is 0 Å². The molecule has 0 fully saturated rings. The molecular formula is C16H20OS3. The standard InChI is InChI=1S/C16H20OS3/c1-4-5-6-12-9-11(13-10-19-20-15(13)18)7-8-14(12)16(2,3)17/h7-10,17H,4-6H2,1-3H3. The van der Waals surface area contributed by atoms with Gasteiger partial charge in [0.15, 0.2) is 0 Å². The lowest BCUT2D eigenvalue weighted by molar-refractivity contribution is 0.0776. The van der Waals surface area contributed by atoms with Gasteiger partial charge in [-0.05, 0) is 43.4 Å². The van der Waals surface area contributed by atoms with Gasteiger partial charge in [-0.3, -0.25) is 0 Å². The van der Waals surface area contributed by atoms with Gasteiger partial charge in [0.2, 0.25) is 0 Å². The maximum atomic E-state index is 10.3. The molecule has 2 rings (SSSR count). The van der Waals surface area contributed by atoms with Crippen molar-refractivity contribution < 1.29 is 5.11 Å². The SMILES string of the molecule is CCCCc1cc(-c2cssc2=S)ccc1C(C)(C)O. The molecule has 0 saturated carbocycles. The number of hydrogen-bond acceptors (Lipinski definition) is 4. The molecule has 1 heterocycles. The minimum Gasteiger partial charge on any atom is -0.386 e. The van der Waals surface area contributed by atoms with Gasteiger partial charge in [0.1, 0.15) is 3.82 Å². The molecule has 2 aromatic rings. The van der Waals surface area contributed by atoms with Crippen molar-refractivity contribution in [1.82, 2.24) is 0 Å². The van der Waals surface area contributed by atoms with Crippen LogP contribution in [0.3, 0.4) is 0 Å². The van der Waals surface area contributed by atoms with Gasteiger partial charge in [0.05, 0.1) is 5.60 Å². The summed E-state index contributed by atoms with van der Waals surface area (Å²) in [4.78, 5) is 0. The van der Waals surface area contributed by atoms with E-state index >= 15 is 0 Å². The second-order valence-corrected chi connectivity index (χ2v) is 8.28. The number of unbranched alkanes of at least 4 members (excludes halogenated alkanes) is 1. The van der Waals surface area contributed by atoms with E-state index in [0.29, 0.717) is 0 Å². The highest BCUT2D eigenvalue weighted by Crippen LogP contribution is 2.32. The van der Waals surface area contributed by atoms with E-state index in [4.69, 9.17) is 12.2 Å². The van der Waals surface area contributed by atoms with Crippen LogP contribution in [0.4, 0.5) is 0 Å². The molecule has 0 aliphatic carbocycles. The fourth-order valence-electron chi connectivity index (χ4n) is 2.33. The molecule has 1 nitrogen and oxygen atoms in total. The molecule has 0 unspecified atom stereocenters. The van der Waals surface area contributed by atoms with Gasteiger partial charge in [-0.1, -0.05) is 64.4 Å². The third kappa shape index (κ3) is 3.55. The van der Waals surface area contributed by atoms with E-state index in [1.165, 1.54) is 11.1 Å². The zero-order valence-corrected chi connectivity index (χ0v) is 14.6. The van der Waals surface area contributed by atoms with Crippen LogP contribution in [0.5, 0.6) is 0 Å². The Morgan fingerprint density at radius 2 is 2.05 bits per heavy atom. The van der Waals surface area contributed by atoms with Crippen LogP contribution in [0, 0.1) is 3.82 Å². The lowest BCUT2D eigenvalue weighted by atomic mass is 9.89. The summed E-state index contributed by atoms with van der Waals surface area (Å²) >= 11 is 5.38. The van der Waals surface area contributed by atoms with Crippen molar-refractivity contribution in [1.29, 1.82) is 0 Å². The van der Waals surface area contributed by atoms with E-state index in [9.17, 15) is 5.11 Å². The molecular weight excluding hydrogens is 304 g/mol. The number of rotatable bonds is 5. The van der Waals surface area contributed by atoms with Crippen LogP contribution < -0.4 is 0 Å². The van der Waals surface area contributed by atoms with E-state index in [-0.39, 0.29) is 0 Å². The molecule has 108 valence electrons. The lowest BCUT2D eigenvalue weighted by Crippen LogP contribution is -2.18. The Hall–Kier alpha value is -0.550. The van der Waals surface area contributed by atoms with Gasteiger partial charge in [-0.25, -0.2) is 0 Å². The molecule has 0 bridgehead atoms. The largest absolute Gasteiger partial charge is 0.386 e. The molecule has 0 saturated heterocycles. The summed E-state index contributed by atoms with van der Waals surface area (Å²) in [6, 6.07) is 6.33. The van der Waals surface area contributed by atoms with Gasteiger partial charge in [0, 0.05) is 10.9 Å². The summed E-state index contributed by atoms with van der Waals surface area (Å²) in [5, 5.41) is 12.4. The first-order valence-electron chi connectivity index (χ1n) is 6.87. The molecule has 0 radical (unpaired) electrons. The average Bonchev–Trinajstić information content (AvgIpc) is 2.81. The topological polar surface area (TPSA) is 20.2 Å². The van der Waals surface area contributed by atoms with Crippen molar-refractivity contribution in [3.63, 3.8) is 0 Å². The maximum absolute atomic E-state index is 10.3. The molecule has 4 heteroatoms. The Morgan fingerprint density at radius 1 is 1.30 bits per heavy atom. The van der Waals surface area contributed by atoms with E-state index in [1.807, 2.05) is 13.8 Å². The zero-order chi connectivity index (χ0) is 14.8. The molecule has 0 atom stereocenters. The Morgan fingerprint density at radius 3 is 2.60 bits per heavy atom. The monoisotopic (exact) mass is 324 g/mol. The van der Waals surface area contributed by atoms with E-state index in [2.05, 4.69) is 30.5 Å². The maximum Gasteiger partial charge on any atom is 0.109 e. The normalized spacial score (nSPS) is 11.8. The first-order chi connectivity index (χ1) is 9.43. The highest BCUT2D eigenvalue weighted by Gasteiger charge is 2.20. The fourth-order valence-corrected chi connectivity index (χ4v) is 4.72.